The van der Waals surface area contributed by atoms with E-state index in [1.807, 2.05) is 12.1 Å². The standard InChI is InChI=1S/C21H38N4O2.HI/c1-5-9-15-27-19-18(11-10-13-23-19)16-24-20(22-8-4)25-17-21(6-2,7-3)12-14-26;/h10-11,13,26H,5-9,12,14-17H2,1-4H3,(H2,22,24,25);1H. The van der Waals surface area contributed by atoms with Gasteiger partial charge in [-0.1, -0.05) is 33.3 Å². The molecule has 1 aromatic heterocycles. The predicted octanol–water partition coefficient (Wildman–Crippen LogP) is 4.12. The van der Waals surface area contributed by atoms with Crippen LogP contribution in [0.15, 0.2) is 23.3 Å². The number of hydrogen-bond donors (Lipinski definition) is 3. The van der Waals surface area contributed by atoms with E-state index in [2.05, 4.69) is 43.3 Å². The van der Waals surface area contributed by atoms with Crippen LogP contribution in [0.3, 0.4) is 0 Å². The molecule has 0 fully saturated rings. The summed E-state index contributed by atoms with van der Waals surface area (Å²) in [6, 6.07) is 3.92. The monoisotopic (exact) mass is 506 g/mol. The molecule has 0 radical (unpaired) electrons. The second kappa shape index (κ2) is 15.8. The minimum atomic E-state index is 0. The van der Waals surface area contributed by atoms with E-state index in [0.29, 0.717) is 19.0 Å². The topological polar surface area (TPSA) is 78.8 Å². The van der Waals surface area contributed by atoms with E-state index < -0.39 is 0 Å². The average molecular weight is 506 g/mol. The Morgan fingerprint density at radius 2 is 1.96 bits per heavy atom. The maximum absolute atomic E-state index is 9.41. The summed E-state index contributed by atoms with van der Waals surface area (Å²) in [4.78, 5) is 9.07. The Morgan fingerprint density at radius 3 is 2.57 bits per heavy atom. The lowest BCUT2D eigenvalue weighted by atomic mass is 9.79. The lowest BCUT2D eigenvalue weighted by Gasteiger charge is -2.32. The zero-order chi connectivity index (χ0) is 20.0. The third kappa shape index (κ3) is 9.41. The highest BCUT2D eigenvalue weighted by Crippen LogP contribution is 2.29. The molecule has 28 heavy (non-hydrogen) atoms. The minimum Gasteiger partial charge on any atom is -0.477 e. The van der Waals surface area contributed by atoms with Crippen molar-refractivity contribution in [2.24, 2.45) is 10.4 Å². The molecule has 3 N–H and O–H groups in total. The molecule has 0 atom stereocenters. The quantitative estimate of drug-likeness (QED) is 0.162. The van der Waals surface area contributed by atoms with E-state index in [1.165, 1.54) is 0 Å². The van der Waals surface area contributed by atoms with Crippen molar-refractivity contribution < 1.29 is 9.84 Å². The van der Waals surface area contributed by atoms with Gasteiger partial charge in [0.05, 0.1) is 13.2 Å². The summed E-state index contributed by atoms with van der Waals surface area (Å²) in [6.07, 6.45) is 6.71. The normalized spacial score (nSPS) is 11.7. The number of ether oxygens (including phenoxy) is 1. The van der Waals surface area contributed by atoms with Gasteiger partial charge in [0.1, 0.15) is 0 Å². The highest BCUT2D eigenvalue weighted by atomic mass is 127. The number of rotatable bonds is 13. The second-order valence-corrected chi connectivity index (χ2v) is 6.90. The molecule has 162 valence electrons. The van der Waals surface area contributed by atoms with E-state index >= 15 is 0 Å². The largest absolute Gasteiger partial charge is 0.477 e. The summed E-state index contributed by atoms with van der Waals surface area (Å²) in [5, 5.41) is 16.2. The van der Waals surface area contributed by atoms with Crippen molar-refractivity contribution in [3.05, 3.63) is 23.9 Å². The number of unbranched alkanes of at least 4 members (excludes halogenated alkanes) is 1. The fourth-order valence-corrected chi connectivity index (χ4v) is 2.94. The maximum Gasteiger partial charge on any atom is 0.218 e. The van der Waals surface area contributed by atoms with Gasteiger partial charge in [-0.25, -0.2) is 9.98 Å². The van der Waals surface area contributed by atoms with Crippen LogP contribution < -0.4 is 15.4 Å². The summed E-state index contributed by atoms with van der Waals surface area (Å²) < 4.78 is 5.80. The Balaban J connectivity index is 0.00000729. The molecule has 6 nitrogen and oxygen atoms in total. The SMILES string of the molecule is CCCCOc1ncccc1CN=C(NCC)NCC(CC)(CC)CCO.I. The Kier molecular flexibility index (Phi) is 15.2. The maximum atomic E-state index is 9.41. The third-order valence-corrected chi connectivity index (χ3v) is 5.11. The van der Waals surface area contributed by atoms with Gasteiger partial charge in [-0.15, -0.1) is 24.0 Å². The molecule has 0 bridgehead atoms. The summed E-state index contributed by atoms with van der Waals surface area (Å²) in [7, 11) is 0. The molecule has 0 aromatic carbocycles. The van der Waals surface area contributed by atoms with Gasteiger partial charge in [-0.3, -0.25) is 0 Å². The van der Waals surface area contributed by atoms with E-state index in [9.17, 15) is 5.11 Å². The molecule has 0 amide bonds. The molecule has 1 aromatic rings. The molecule has 1 heterocycles. The van der Waals surface area contributed by atoms with Crippen molar-refractivity contribution in [3.8, 4) is 5.88 Å². The van der Waals surface area contributed by atoms with E-state index in [4.69, 9.17) is 9.73 Å². The molecule has 0 aliphatic rings. The molecule has 0 unspecified atom stereocenters. The molecule has 0 saturated heterocycles. The van der Waals surface area contributed by atoms with Gasteiger partial charge in [0.2, 0.25) is 5.88 Å². The van der Waals surface area contributed by atoms with Crippen molar-refractivity contribution in [2.75, 3.05) is 26.3 Å². The Hall–Kier alpha value is -1.09. The first kappa shape index (κ1) is 26.9. The molecule has 0 aliphatic carbocycles. The summed E-state index contributed by atoms with van der Waals surface area (Å²) >= 11 is 0. The number of nitrogens with one attached hydrogen (secondary N) is 2. The zero-order valence-electron chi connectivity index (χ0n) is 18.0. The van der Waals surface area contributed by atoms with Gasteiger partial charge in [0.15, 0.2) is 5.96 Å². The number of nitrogens with zero attached hydrogens (tertiary/aromatic N) is 2. The summed E-state index contributed by atoms with van der Waals surface area (Å²) in [6.45, 7) is 11.6. The fourth-order valence-electron chi connectivity index (χ4n) is 2.94. The van der Waals surface area contributed by atoms with Crippen LogP contribution in [-0.4, -0.2) is 42.4 Å². The number of hydrogen-bond acceptors (Lipinski definition) is 4. The lowest BCUT2D eigenvalue weighted by Crippen LogP contribution is -2.43. The predicted molar refractivity (Wildman–Crippen MR) is 128 cm³/mol. The molecule has 1 rings (SSSR count). The fraction of sp³-hybridized carbons (Fsp3) is 0.714. The number of aliphatic hydroxyl groups excluding tert-OH is 1. The Morgan fingerprint density at radius 1 is 1.21 bits per heavy atom. The number of aromatic nitrogens is 1. The first-order chi connectivity index (χ1) is 13.1. The van der Waals surface area contributed by atoms with Crippen molar-refractivity contribution in [1.29, 1.82) is 0 Å². The van der Waals surface area contributed by atoms with Crippen molar-refractivity contribution >= 4 is 29.9 Å². The van der Waals surface area contributed by atoms with Crippen molar-refractivity contribution in [2.45, 2.75) is 66.3 Å². The van der Waals surface area contributed by atoms with Gasteiger partial charge in [0, 0.05) is 31.5 Å². The molecule has 0 spiro atoms. The highest BCUT2D eigenvalue weighted by Gasteiger charge is 2.25. The Labute approximate surface area is 188 Å². The minimum absolute atomic E-state index is 0. The van der Waals surface area contributed by atoms with Crippen LogP contribution in [-0.2, 0) is 6.54 Å². The van der Waals surface area contributed by atoms with Gasteiger partial charge in [-0.05, 0) is 44.1 Å². The van der Waals surface area contributed by atoms with Crippen molar-refractivity contribution in [1.82, 2.24) is 15.6 Å². The smallest absolute Gasteiger partial charge is 0.218 e. The van der Waals surface area contributed by atoms with E-state index in [0.717, 1.165) is 56.7 Å². The molecular formula is C21H39IN4O2. The van der Waals surface area contributed by atoms with Crippen LogP contribution in [0, 0.1) is 5.41 Å². The van der Waals surface area contributed by atoms with Crippen molar-refractivity contribution in [3.63, 3.8) is 0 Å². The second-order valence-electron chi connectivity index (χ2n) is 6.90. The lowest BCUT2D eigenvalue weighted by molar-refractivity contribution is 0.169. The Bertz CT molecular complexity index is 551. The first-order valence-corrected chi connectivity index (χ1v) is 10.3. The number of guanidine groups is 1. The number of aliphatic hydroxyl groups is 1. The zero-order valence-corrected chi connectivity index (χ0v) is 20.3. The van der Waals surface area contributed by atoms with E-state index in [1.54, 1.807) is 6.20 Å². The number of halogens is 1. The molecular weight excluding hydrogens is 467 g/mol. The van der Waals surface area contributed by atoms with E-state index in [-0.39, 0.29) is 36.0 Å². The molecule has 0 aliphatic heterocycles. The summed E-state index contributed by atoms with van der Waals surface area (Å²) in [5.74, 6) is 1.45. The number of pyridine rings is 1. The molecule has 7 heteroatoms. The van der Waals surface area contributed by atoms with Crippen LogP contribution in [0.4, 0.5) is 0 Å². The van der Waals surface area contributed by atoms with Crippen LogP contribution in [0.25, 0.3) is 0 Å². The van der Waals surface area contributed by atoms with Gasteiger partial charge < -0.3 is 20.5 Å². The third-order valence-electron chi connectivity index (χ3n) is 5.11. The van der Waals surface area contributed by atoms with Gasteiger partial charge in [-0.2, -0.15) is 0 Å². The highest BCUT2D eigenvalue weighted by molar-refractivity contribution is 14.0. The summed E-state index contributed by atoms with van der Waals surface area (Å²) in [5.41, 5.74) is 1.08. The van der Waals surface area contributed by atoms with Gasteiger partial charge >= 0.3 is 0 Å². The van der Waals surface area contributed by atoms with Crippen LogP contribution >= 0.6 is 24.0 Å². The first-order valence-electron chi connectivity index (χ1n) is 10.3. The van der Waals surface area contributed by atoms with Crippen LogP contribution in [0.2, 0.25) is 0 Å². The number of aliphatic imine (C=N–C) groups is 1. The molecule has 0 saturated carbocycles. The average Bonchev–Trinajstić information content (AvgIpc) is 2.70. The van der Waals surface area contributed by atoms with Crippen LogP contribution in [0.5, 0.6) is 5.88 Å². The van der Waals surface area contributed by atoms with Gasteiger partial charge in [0.25, 0.3) is 0 Å². The van der Waals surface area contributed by atoms with Crippen LogP contribution in [0.1, 0.15) is 65.4 Å².